The zero-order valence-electron chi connectivity index (χ0n) is 15.8. The Morgan fingerprint density at radius 2 is 1.88 bits per heavy atom. The monoisotopic (exact) mass is 349 g/mol. The Kier molecular flexibility index (Phi) is 5.71. The molecule has 0 aliphatic carbocycles. The number of hydrogen-bond acceptors (Lipinski definition) is 2. The number of fused-ring (bicyclic) bond motifs is 1. The first-order valence-corrected chi connectivity index (χ1v) is 9.47. The maximum atomic E-state index is 13.1. The van der Waals surface area contributed by atoms with Crippen LogP contribution in [0.15, 0.2) is 54.9 Å². The summed E-state index contributed by atoms with van der Waals surface area (Å²) in [5.41, 5.74) is 3.62. The number of benzene rings is 2. The Bertz CT molecular complexity index is 869. The number of nitrogens with one attached hydrogen (secondary N) is 1. The molecule has 136 valence electrons. The average Bonchev–Trinajstić information content (AvgIpc) is 3.12. The minimum absolute atomic E-state index is 0.0175. The van der Waals surface area contributed by atoms with Gasteiger partial charge in [0.05, 0.1) is 29.0 Å². The van der Waals surface area contributed by atoms with Crippen molar-refractivity contribution in [3.8, 4) is 0 Å². The first-order valence-electron chi connectivity index (χ1n) is 9.47. The number of nitrogens with zero attached hydrogens (tertiary/aromatic N) is 2. The predicted molar refractivity (Wildman–Crippen MR) is 106 cm³/mol. The Morgan fingerprint density at radius 3 is 2.58 bits per heavy atom. The highest BCUT2D eigenvalue weighted by molar-refractivity contribution is 6.05. The van der Waals surface area contributed by atoms with E-state index < -0.39 is 0 Å². The lowest BCUT2D eigenvalue weighted by molar-refractivity contribution is 0.0935. The third-order valence-electron chi connectivity index (χ3n) is 4.99. The van der Waals surface area contributed by atoms with E-state index in [1.807, 2.05) is 42.7 Å². The Morgan fingerprint density at radius 1 is 1.12 bits per heavy atom. The molecule has 1 aromatic heterocycles. The van der Waals surface area contributed by atoms with Gasteiger partial charge in [-0.2, -0.15) is 0 Å². The van der Waals surface area contributed by atoms with Crippen LogP contribution >= 0.6 is 0 Å². The normalized spacial score (nSPS) is 13.5. The van der Waals surface area contributed by atoms with Crippen LogP contribution in [0.3, 0.4) is 0 Å². The lowest BCUT2D eigenvalue weighted by atomic mass is 10.0. The van der Waals surface area contributed by atoms with Crippen molar-refractivity contribution >= 4 is 16.9 Å². The number of para-hydroxylation sites is 1. The van der Waals surface area contributed by atoms with E-state index in [0.29, 0.717) is 11.6 Å². The van der Waals surface area contributed by atoms with Gasteiger partial charge in [0.15, 0.2) is 0 Å². The number of carbonyl (C=O) groups is 1. The Labute approximate surface area is 155 Å². The highest BCUT2D eigenvalue weighted by atomic mass is 16.1. The second-order valence-electron chi connectivity index (χ2n) is 6.81. The first-order chi connectivity index (χ1) is 12.7. The van der Waals surface area contributed by atoms with Gasteiger partial charge in [-0.1, -0.05) is 56.7 Å². The lowest BCUT2D eigenvalue weighted by Crippen LogP contribution is -2.29. The molecule has 4 nitrogen and oxygen atoms in total. The molecule has 3 aromatic rings. The van der Waals surface area contributed by atoms with E-state index in [4.69, 9.17) is 0 Å². The fourth-order valence-electron chi connectivity index (χ4n) is 3.34. The molecular weight excluding hydrogens is 322 g/mol. The van der Waals surface area contributed by atoms with Crippen LogP contribution in [-0.2, 0) is 0 Å². The zero-order chi connectivity index (χ0) is 18.5. The molecule has 0 saturated heterocycles. The summed E-state index contributed by atoms with van der Waals surface area (Å²) < 4.78 is 2.11. The topological polar surface area (TPSA) is 46.9 Å². The van der Waals surface area contributed by atoms with Crippen molar-refractivity contribution in [2.24, 2.45) is 0 Å². The second-order valence-corrected chi connectivity index (χ2v) is 6.81. The van der Waals surface area contributed by atoms with E-state index in [-0.39, 0.29) is 11.9 Å². The highest BCUT2D eigenvalue weighted by Gasteiger charge is 2.20. The molecule has 0 aliphatic heterocycles. The maximum absolute atomic E-state index is 13.1. The summed E-state index contributed by atoms with van der Waals surface area (Å²) >= 11 is 0. The SMILES string of the molecule is CCC[C@H](NC(=O)c1cccc2ncn([C@@H](C)CC)c12)c1ccccc1. The molecule has 0 spiro atoms. The number of carbonyl (C=O) groups excluding carboxylic acids is 1. The molecule has 0 saturated carbocycles. The molecule has 3 rings (SSSR count). The van der Waals surface area contributed by atoms with Crippen molar-refractivity contribution in [1.29, 1.82) is 0 Å². The molecule has 1 N–H and O–H groups in total. The van der Waals surface area contributed by atoms with Crippen molar-refractivity contribution in [3.63, 3.8) is 0 Å². The van der Waals surface area contributed by atoms with Crippen LogP contribution in [0.25, 0.3) is 11.0 Å². The Hall–Kier alpha value is -2.62. The second kappa shape index (κ2) is 8.17. The molecule has 0 radical (unpaired) electrons. The summed E-state index contributed by atoms with van der Waals surface area (Å²) in [5.74, 6) is -0.0389. The molecule has 0 unspecified atom stereocenters. The number of aromatic nitrogens is 2. The summed E-state index contributed by atoms with van der Waals surface area (Å²) in [6, 6.07) is 16.3. The molecule has 2 aromatic carbocycles. The van der Waals surface area contributed by atoms with Crippen LogP contribution in [0.4, 0.5) is 0 Å². The van der Waals surface area contributed by atoms with Gasteiger partial charge in [0.1, 0.15) is 0 Å². The van der Waals surface area contributed by atoms with Crippen LogP contribution in [0.2, 0.25) is 0 Å². The molecule has 26 heavy (non-hydrogen) atoms. The van der Waals surface area contributed by atoms with E-state index in [1.54, 1.807) is 0 Å². The molecule has 4 heteroatoms. The summed E-state index contributed by atoms with van der Waals surface area (Å²) in [4.78, 5) is 17.6. The molecular formula is C22H27N3O. The predicted octanol–water partition coefficient (Wildman–Crippen LogP) is 5.28. The molecule has 0 aliphatic rings. The maximum Gasteiger partial charge on any atom is 0.253 e. The van der Waals surface area contributed by atoms with Crippen molar-refractivity contribution < 1.29 is 4.79 Å². The van der Waals surface area contributed by atoms with Gasteiger partial charge in [-0.15, -0.1) is 0 Å². The van der Waals surface area contributed by atoms with E-state index in [9.17, 15) is 4.79 Å². The number of amides is 1. The van der Waals surface area contributed by atoms with Crippen LogP contribution in [-0.4, -0.2) is 15.5 Å². The third-order valence-corrected chi connectivity index (χ3v) is 4.99. The van der Waals surface area contributed by atoms with E-state index >= 15 is 0 Å². The van der Waals surface area contributed by atoms with Crippen molar-refractivity contribution in [2.45, 2.75) is 52.1 Å². The van der Waals surface area contributed by atoms with E-state index in [0.717, 1.165) is 35.9 Å². The Balaban J connectivity index is 1.95. The molecule has 0 fully saturated rings. The fourth-order valence-corrected chi connectivity index (χ4v) is 3.34. The van der Waals surface area contributed by atoms with Gasteiger partial charge in [0.2, 0.25) is 0 Å². The van der Waals surface area contributed by atoms with Crippen molar-refractivity contribution in [1.82, 2.24) is 14.9 Å². The van der Waals surface area contributed by atoms with Gasteiger partial charge in [-0.3, -0.25) is 4.79 Å². The van der Waals surface area contributed by atoms with Crippen molar-refractivity contribution in [3.05, 3.63) is 66.0 Å². The van der Waals surface area contributed by atoms with Gasteiger partial charge in [0, 0.05) is 6.04 Å². The van der Waals surface area contributed by atoms with Crippen LogP contribution in [0.5, 0.6) is 0 Å². The molecule has 2 atom stereocenters. The zero-order valence-corrected chi connectivity index (χ0v) is 15.8. The smallest absolute Gasteiger partial charge is 0.253 e. The van der Waals surface area contributed by atoms with E-state index in [1.165, 1.54) is 0 Å². The summed E-state index contributed by atoms with van der Waals surface area (Å²) in [6.45, 7) is 6.44. The highest BCUT2D eigenvalue weighted by Crippen LogP contribution is 2.25. The van der Waals surface area contributed by atoms with Crippen LogP contribution < -0.4 is 5.32 Å². The quantitative estimate of drug-likeness (QED) is 0.631. The molecule has 1 heterocycles. The summed E-state index contributed by atoms with van der Waals surface area (Å²) in [6.07, 6.45) is 4.76. The minimum atomic E-state index is -0.0389. The van der Waals surface area contributed by atoms with Gasteiger partial charge >= 0.3 is 0 Å². The number of imidazole rings is 1. The average molecular weight is 349 g/mol. The summed E-state index contributed by atoms with van der Waals surface area (Å²) in [5, 5.41) is 3.24. The van der Waals surface area contributed by atoms with Gasteiger partial charge in [-0.25, -0.2) is 4.98 Å². The van der Waals surface area contributed by atoms with E-state index in [2.05, 4.69) is 47.8 Å². The molecule has 1 amide bonds. The minimum Gasteiger partial charge on any atom is -0.345 e. The van der Waals surface area contributed by atoms with Gasteiger partial charge in [-0.05, 0) is 37.5 Å². The fraction of sp³-hybridized carbons (Fsp3) is 0.364. The number of hydrogen-bond donors (Lipinski definition) is 1. The van der Waals surface area contributed by atoms with Crippen LogP contribution in [0, 0.1) is 0 Å². The molecule has 0 bridgehead atoms. The first kappa shape index (κ1) is 18.2. The van der Waals surface area contributed by atoms with Crippen molar-refractivity contribution in [2.75, 3.05) is 0 Å². The summed E-state index contributed by atoms with van der Waals surface area (Å²) in [7, 11) is 0. The standard InChI is InChI=1S/C22H27N3O/c1-4-10-19(17-11-7-6-8-12-17)24-22(26)18-13-9-14-20-21(18)25(15-23-20)16(3)5-2/h6-9,11-16,19H,4-5,10H2,1-3H3,(H,24,26)/t16-,19-/m0/s1. The van der Waals surface area contributed by atoms with Crippen LogP contribution in [0.1, 0.15) is 68.0 Å². The largest absolute Gasteiger partial charge is 0.345 e. The van der Waals surface area contributed by atoms with Gasteiger partial charge in [0.25, 0.3) is 5.91 Å². The lowest BCUT2D eigenvalue weighted by Gasteiger charge is -2.20. The van der Waals surface area contributed by atoms with Gasteiger partial charge < -0.3 is 9.88 Å². The number of rotatable bonds is 7. The third kappa shape index (κ3) is 3.64.